The van der Waals surface area contributed by atoms with E-state index in [-0.39, 0.29) is 35.1 Å². The summed E-state index contributed by atoms with van der Waals surface area (Å²) in [7, 11) is 1.20. The summed E-state index contributed by atoms with van der Waals surface area (Å²) in [4.78, 5) is 39.1. The number of amides is 1. The Kier molecular flexibility index (Phi) is 5.70. The van der Waals surface area contributed by atoms with E-state index in [1.165, 1.54) is 7.11 Å². The van der Waals surface area contributed by atoms with Crippen molar-refractivity contribution in [3.8, 4) is 5.75 Å². The molecule has 0 fully saturated rings. The van der Waals surface area contributed by atoms with Crippen LogP contribution in [0.25, 0.3) is 0 Å². The Morgan fingerprint density at radius 2 is 2.00 bits per heavy atom. The minimum Gasteiger partial charge on any atom is -0.466 e. The molecule has 1 spiro atoms. The lowest BCUT2D eigenvalue weighted by atomic mass is 9.67. The van der Waals surface area contributed by atoms with Crippen LogP contribution in [0, 0.1) is 0 Å². The second kappa shape index (κ2) is 7.90. The standard InChI is InChI=1S/C20H21BrN2O6/c1-4-5-8-28-18(25)15-16(22)29-13-7-6-11(21)9-12(13)20(15)14(17(24)27-3)10(2)23-19(20)26/h6-7,9H,4-5,8,22H2,1-3H3,(H,23,26). The van der Waals surface area contributed by atoms with Crippen molar-refractivity contribution in [1.82, 2.24) is 5.32 Å². The van der Waals surface area contributed by atoms with E-state index < -0.39 is 23.3 Å². The van der Waals surface area contributed by atoms with Gasteiger partial charge in [-0.1, -0.05) is 29.3 Å². The number of fused-ring (bicyclic) bond motifs is 2. The maximum absolute atomic E-state index is 13.3. The Labute approximate surface area is 176 Å². The van der Waals surface area contributed by atoms with Crippen molar-refractivity contribution in [2.75, 3.05) is 13.7 Å². The van der Waals surface area contributed by atoms with Gasteiger partial charge in [0, 0.05) is 15.7 Å². The number of rotatable bonds is 5. The first-order valence-corrected chi connectivity index (χ1v) is 9.84. The van der Waals surface area contributed by atoms with Crippen LogP contribution in [0.15, 0.2) is 45.4 Å². The number of nitrogens with one attached hydrogen (secondary N) is 1. The molecule has 0 aromatic heterocycles. The van der Waals surface area contributed by atoms with Crippen LogP contribution in [0.3, 0.4) is 0 Å². The highest BCUT2D eigenvalue weighted by Gasteiger charge is 2.61. The maximum Gasteiger partial charge on any atom is 0.341 e. The van der Waals surface area contributed by atoms with Gasteiger partial charge in [-0.15, -0.1) is 0 Å². The molecule has 8 nitrogen and oxygen atoms in total. The fourth-order valence-corrected chi connectivity index (χ4v) is 3.99. The molecule has 3 N–H and O–H groups in total. The number of methoxy groups -OCH3 is 1. The van der Waals surface area contributed by atoms with Gasteiger partial charge in [0.2, 0.25) is 11.8 Å². The molecule has 2 aliphatic heterocycles. The van der Waals surface area contributed by atoms with Crippen molar-refractivity contribution >= 4 is 33.8 Å². The average molecular weight is 465 g/mol. The molecule has 154 valence electrons. The number of hydrogen-bond acceptors (Lipinski definition) is 7. The fraction of sp³-hybridized carbons (Fsp3) is 0.350. The normalized spacial score (nSPS) is 20.3. The van der Waals surface area contributed by atoms with Crippen LogP contribution in [-0.2, 0) is 29.3 Å². The zero-order chi connectivity index (χ0) is 21.3. The predicted octanol–water partition coefficient (Wildman–Crippen LogP) is 2.17. The smallest absolute Gasteiger partial charge is 0.341 e. The number of ether oxygens (including phenoxy) is 3. The van der Waals surface area contributed by atoms with Gasteiger partial charge in [-0.05, 0) is 31.5 Å². The SMILES string of the molecule is CCCCOC(=O)C1=C(N)Oc2ccc(Br)cc2C12C(=O)NC(C)=C2C(=O)OC. The number of nitrogens with two attached hydrogens (primary N) is 1. The molecule has 0 saturated carbocycles. The highest BCUT2D eigenvalue weighted by atomic mass is 79.9. The first-order chi connectivity index (χ1) is 13.8. The molecular formula is C20H21BrN2O6. The van der Waals surface area contributed by atoms with Gasteiger partial charge < -0.3 is 25.3 Å². The van der Waals surface area contributed by atoms with Crippen LogP contribution in [0.2, 0.25) is 0 Å². The van der Waals surface area contributed by atoms with Gasteiger partial charge in [-0.25, -0.2) is 9.59 Å². The molecule has 0 saturated heterocycles. The summed E-state index contributed by atoms with van der Waals surface area (Å²) in [6, 6.07) is 4.91. The Bertz CT molecular complexity index is 968. The first kappa shape index (κ1) is 20.9. The Hall–Kier alpha value is -2.81. The van der Waals surface area contributed by atoms with Gasteiger partial charge in [0.05, 0.1) is 19.3 Å². The lowest BCUT2D eigenvalue weighted by molar-refractivity contribution is -0.142. The second-order valence-electron chi connectivity index (χ2n) is 6.67. The lowest BCUT2D eigenvalue weighted by Crippen LogP contribution is -2.49. The molecule has 1 aromatic rings. The van der Waals surface area contributed by atoms with E-state index >= 15 is 0 Å². The van der Waals surface area contributed by atoms with Gasteiger partial charge in [0.1, 0.15) is 16.7 Å². The van der Waals surface area contributed by atoms with Crippen LogP contribution in [0.4, 0.5) is 0 Å². The first-order valence-electron chi connectivity index (χ1n) is 9.05. The van der Waals surface area contributed by atoms with Crippen LogP contribution in [-0.4, -0.2) is 31.6 Å². The van der Waals surface area contributed by atoms with Crippen LogP contribution in [0.5, 0.6) is 5.75 Å². The van der Waals surface area contributed by atoms with Crippen molar-refractivity contribution in [2.24, 2.45) is 5.73 Å². The summed E-state index contributed by atoms with van der Waals surface area (Å²) in [5, 5.41) is 2.65. The average Bonchev–Trinajstić information content (AvgIpc) is 2.92. The number of carbonyl (C=O) groups is 3. The molecule has 29 heavy (non-hydrogen) atoms. The highest BCUT2D eigenvalue weighted by Crippen LogP contribution is 2.52. The molecule has 2 aliphatic rings. The lowest BCUT2D eigenvalue weighted by Gasteiger charge is -2.36. The molecule has 0 bridgehead atoms. The monoisotopic (exact) mass is 464 g/mol. The number of esters is 2. The number of hydrogen-bond donors (Lipinski definition) is 2. The largest absolute Gasteiger partial charge is 0.466 e. The van der Waals surface area contributed by atoms with E-state index in [9.17, 15) is 14.4 Å². The summed E-state index contributed by atoms with van der Waals surface area (Å²) in [6.45, 7) is 3.65. The molecule has 9 heteroatoms. The van der Waals surface area contributed by atoms with E-state index in [1.807, 2.05) is 6.92 Å². The summed E-state index contributed by atoms with van der Waals surface area (Å²) in [6.07, 6.45) is 1.45. The second-order valence-corrected chi connectivity index (χ2v) is 7.58. The van der Waals surface area contributed by atoms with E-state index in [2.05, 4.69) is 21.2 Å². The van der Waals surface area contributed by atoms with E-state index in [1.54, 1.807) is 25.1 Å². The Balaban J connectivity index is 2.31. The number of halogens is 1. The van der Waals surface area contributed by atoms with Crippen molar-refractivity contribution in [3.05, 3.63) is 51.0 Å². The highest BCUT2D eigenvalue weighted by molar-refractivity contribution is 9.10. The number of benzene rings is 1. The molecule has 0 radical (unpaired) electrons. The molecule has 3 rings (SSSR count). The minimum absolute atomic E-state index is 0.0296. The molecule has 1 atom stereocenters. The summed E-state index contributed by atoms with van der Waals surface area (Å²) in [5.41, 5.74) is 4.53. The van der Waals surface area contributed by atoms with Gasteiger partial charge >= 0.3 is 11.9 Å². The van der Waals surface area contributed by atoms with Crippen LogP contribution < -0.4 is 15.8 Å². The third kappa shape index (κ3) is 3.19. The van der Waals surface area contributed by atoms with Gasteiger partial charge in [0.25, 0.3) is 0 Å². The maximum atomic E-state index is 13.3. The van der Waals surface area contributed by atoms with Gasteiger partial charge in [0.15, 0.2) is 0 Å². The predicted molar refractivity (Wildman–Crippen MR) is 106 cm³/mol. The van der Waals surface area contributed by atoms with Crippen molar-refractivity contribution in [3.63, 3.8) is 0 Å². The quantitative estimate of drug-likeness (QED) is 0.506. The summed E-state index contributed by atoms with van der Waals surface area (Å²) >= 11 is 3.37. The zero-order valence-corrected chi connectivity index (χ0v) is 17.8. The van der Waals surface area contributed by atoms with E-state index in [4.69, 9.17) is 19.9 Å². The third-order valence-electron chi connectivity index (χ3n) is 4.90. The fourth-order valence-electron chi connectivity index (χ4n) is 3.63. The summed E-state index contributed by atoms with van der Waals surface area (Å²) in [5.74, 6) is -2.24. The van der Waals surface area contributed by atoms with Gasteiger partial charge in [-0.2, -0.15) is 0 Å². The summed E-state index contributed by atoms with van der Waals surface area (Å²) < 4.78 is 16.5. The Morgan fingerprint density at radius 1 is 1.28 bits per heavy atom. The van der Waals surface area contributed by atoms with E-state index in [0.717, 1.165) is 6.42 Å². The van der Waals surface area contributed by atoms with Crippen molar-refractivity contribution in [2.45, 2.75) is 32.1 Å². The van der Waals surface area contributed by atoms with Crippen molar-refractivity contribution in [1.29, 1.82) is 0 Å². The van der Waals surface area contributed by atoms with Crippen LogP contribution in [0.1, 0.15) is 32.3 Å². The molecular weight excluding hydrogens is 444 g/mol. The Morgan fingerprint density at radius 3 is 2.66 bits per heavy atom. The topological polar surface area (TPSA) is 117 Å². The molecule has 2 heterocycles. The van der Waals surface area contributed by atoms with Crippen LogP contribution >= 0.6 is 15.9 Å². The molecule has 1 aromatic carbocycles. The molecule has 0 aliphatic carbocycles. The number of carbonyl (C=O) groups excluding carboxylic acids is 3. The van der Waals surface area contributed by atoms with Gasteiger partial charge in [-0.3, -0.25) is 4.79 Å². The van der Waals surface area contributed by atoms with E-state index in [0.29, 0.717) is 16.5 Å². The number of allylic oxidation sites excluding steroid dienone is 1. The molecule has 1 unspecified atom stereocenters. The van der Waals surface area contributed by atoms with Crippen molar-refractivity contribution < 1.29 is 28.6 Å². The minimum atomic E-state index is -1.85. The zero-order valence-electron chi connectivity index (χ0n) is 16.3. The molecule has 1 amide bonds. The third-order valence-corrected chi connectivity index (χ3v) is 5.40. The number of unbranched alkanes of at least 4 members (excludes halogenated alkanes) is 1.